The standard InChI is InChI=1S/C22H30O7/c1-7-13-11-14(17(12(13)3)20(23)26-4)9-10-16-19(22(25)28-6)18(21(24)27-5)15(8-2)29-16/h7-10,12-19H,1-2,11H2,3-6H3/b10-9-. The van der Waals surface area contributed by atoms with E-state index in [0.29, 0.717) is 0 Å². The van der Waals surface area contributed by atoms with Crippen molar-refractivity contribution in [3.63, 3.8) is 0 Å². The van der Waals surface area contributed by atoms with Gasteiger partial charge in [-0.15, -0.1) is 13.2 Å². The smallest absolute Gasteiger partial charge is 0.312 e. The molecule has 8 unspecified atom stereocenters. The molecule has 1 aliphatic heterocycles. The number of hydrogen-bond acceptors (Lipinski definition) is 7. The van der Waals surface area contributed by atoms with E-state index in [1.54, 1.807) is 6.08 Å². The van der Waals surface area contributed by atoms with E-state index < -0.39 is 36.0 Å². The molecule has 8 atom stereocenters. The Labute approximate surface area is 171 Å². The van der Waals surface area contributed by atoms with Crippen LogP contribution in [0.3, 0.4) is 0 Å². The zero-order valence-electron chi connectivity index (χ0n) is 17.4. The van der Waals surface area contributed by atoms with Crippen LogP contribution in [0.4, 0.5) is 0 Å². The zero-order valence-corrected chi connectivity index (χ0v) is 17.4. The Morgan fingerprint density at radius 3 is 1.79 bits per heavy atom. The minimum Gasteiger partial charge on any atom is -0.469 e. The van der Waals surface area contributed by atoms with Crippen LogP contribution in [0.2, 0.25) is 0 Å². The molecule has 0 radical (unpaired) electrons. The minimum absolute atomic E-state index is 0.0826. The molecule has 1 saturated carbocycles. The second-order valence-corrected chi connectivity index (χ2v) is 7.49. The van der Waals surface area contributed by atoms with Crippen molar-refractivity contribution >= 4 is 17.9 Å². The number of allylic oxidation sites excluding steroid dienone is 2. The molecule has 1 aliphatic carbocycles. The molecule has 29 heavy (non-hydrogen) atoms. The summed E-state index contributed by atoms with van der Waals surface area (Å²) in [5.41, 5.74) is 0. The Bertz CT molecular complexity index is 683. The molecule has 0 spiro atoms. The highest BCUT2D eigenvalue weighted by Crippen LogP contribution is 2.44. The monoisotopic (exact) mass is 406 g/mol. The maximum Gasteiger partial charge on any atom is 0.312 e. The number of ether oxygens (including phenoxy) is 4. The van der Waals surface area contributed by atoms with Gasteiger partial charge in [0.05, 0.1) is 39.5 Å². The van der Waals surface area contributed by atoms with Gasteiger partial charge in [-0.25, -0.2) is 0 Å². The maximum absolute atomic E-state index is 12.4. The molecule has 2 rings (SSSR count). The summed E-state index contributed by atoms with van der Waals surface area (Å²) in [5.74, 6) is -3.26. The van der Waals surface area contributed by atoms with Gasteiger partial charge in [-0.1, -0.05) is 31.2 Å². The molecule has 7 heteroatoms. The first-order valence-electron chi connectivity index (χ1n) is 9.66. The van der Waals surface area contributed by atoms with Crippen LogP contribution in [0.5, 0.6) is 0 Å². The van der Waals surface area contributed by atoms with Crippen LogP contribution in [-0.2, 0) is 33.3 Å². The first-order valence-corrected chi connectivity index (χ1v) is 9.66. The van der Waals surface area contributed by atoms with E-state index in [-0.39, 0.29) is 29.6 Å². The van der Waals surface area contributed by atoms with Crippen LogP contribution in [0, 0.1) is 35.5 Å². The lowest BCUT2D eigenvalue weighted by Gasteiger charge is -2.20. The lowest BCUT2D eigenvalue weighted by molar-refractivity contribution is -0.156. The molecule has 0 aromatic rings. The van der Waals surface area contributed by atoms with Crippen molar-refractivity contribution in [1.82, 2.24) is 0 Å². The van der Waals surface area contributed by atoms with Crippen molar-refractivity contribution in [3.8, 4) is 0 Å². The molecule has 0 amide bonds. The summed E-state index contributed by atoms with van der Waals surface area (Å²) < 4.78 is 20.6. The Morgan fingerprint density at radius 1 is 0.793 bits per heavy atom. The van der Waals surface area contributed by atoms with Crippen molar-refractivity contribution in [3.05, 3.63) is 37.5 Å². The van der Waals surface area contributed by atoms with Gasteiger partial charge >= 0.3 is 17.9 Å². The number of carbonyl (C=O) groups excluding carboxylic acids is 3. The van der Waals surface area contributed by atoms with E-state index in [0.717, 1.165) is 6.42 Å². The van der Waals surface area contributed by atoms with E-state index in [2.05, 4.69) is 13.2 Å². The predicted molar refractivity (Wildman–Crippen MR) is 105 cm³/mol. The van der Waals surface area contributed by atoms with Gasteiger partial charge in [-0.3, -0.25) is 14.4 Å². The average molecular weight is 406 g/mol. The molecule has 7 nitrogen and oxygen atoms in total. The molecule has 1 heterocycles. The highest BCUT2D eigenvalue weighted by atomic mass is 16.6. The summed E-state index contributed by atoms with van der Waals surface area (Å²) in [6.45, 7) is 9.57. The van der Waals surface area contributed by atoms with Gasteiger partial charge in [0.25, 0.3) is 0 Å². The van der Waals surface area contributed by atoms with Crippen LogP contribution in [0.15, 0.2) is 37.5 Å². The molecule has 0 N–H and O–H groups in total. The fraction of sp³-hybridized carbons (Fsp3) is 0.591. The molecule has 0 aromatic heterocycles. The van der Waals surface area contributed by atoms with Crippen molar-refractivity contribution in [1.29, 1.82) is 0 Å². The number of carbonyl (C=O) groups is 3. The van der Waals surface area contributed by atoms with Crippen LogP contribution in [0.25, 0.3) is 0 Å². The second-order valence-electron chi connectivity index (χ2n) is 7.49. The molecule has 2 aliphatic rings. The fourth-order valence-electron chi connectivity index (χ4n) is 4.58. The van der Waals surface area contributed by atoms with Crippen LogP contribution < -0.4 is 0 Å². The summed E-state index contributed by atoms with van der Waals surface area (Å²) in [4.78, 5) is 37.0. The average Bonchev–Trinajstić information content (AvgIpc) is 3.27. The minimum atomic E-state index is -0.864. The number of methoxy groups -OCH3 is 3. The molecule has 1 saturated heterocycles. The van der Waals surface area contributed by atoms with Gasteiger partial charge in [0.1, 0.15) is 11.8 Å². The first kappa shape index (κ1) is 22.9. The Hall–Kier alpha value is -2.41. The van der Waals surface area contributed by atoms with Gasteiger partial charge in [0, 0.05) is 0 Å². The summed E-state index contributed by atoms with van der Waals surface area (Å²) in [6.07, 6.45) is 6.31. The molecule has 2 fully saturated rings. The highest BCUT2D eigenvalue weighted by Gasteiger charge is 2.51. The third kappa shape index (κ3) is 4.45. The molecule has 0 aromatic carbocycles. The van der Waals surface area contributed by atoms with Crippen molar-refractivity contribution in [2.45, 2.75) is 25.6 Å². The van der Waals surface area contributed by atoms with E-state index in [1.165, 1.54) is 27.4 Å². The third-order valence-corrected chi connectivity index (χ3v) is 6.16. The van der Waals surface area contributed by atoms with Crippen molar-refractivity contribution in [2.24, 2.45) is 35.5 Å². The SMILES string of the molecule is C=CC1CC(/C=C\C2OC(C=C)C(C(=O)OC)C2C(=O)OC)C(C(=O)OC)C1C. The molecule has 160 valence electrons. The van der Waals surface area contributed by atoms with E-state index >= 15 is 0 Å². The number of rotatable bonds is 7. The largest absolute Gasteiger partial charge is 0.469 e. The summed E-state index contributed by atoms with van der Waals surface area (Å²) in [5, 5.41) is 0. The van der Waals surface area contributed by atoms with Crippen LogP contribution in [0.1, 0.15) is 13.3 Å². The van der Waals surface area contributed by atoms with Crippen LogP contribution >= 0.6 is 0 Å². The van der Waals surface area contributed by atoms with Gasteiger partial charge in [-0.05, 0) is 24.2 Å². The first-order chi connectivity index (χ1) is 13.8. The van der Waals surface area contributed by atoms with Crippen molar-refractivity contribution < 1.29 is 33.3 Å². The van der Waals surface area contributed by atoms with Gasteiger partial charge < -0.3 is 18.9 Å². The highest BCUT2D eigenvalue weighted by molar-refractivity contribution is 5.84. The third-order valence-electron chi connectivity index (χ3n) is 6.16. The Morgan fingerprint density at radius 2 is 1.31 bits per heavy atom. The molecular formula is C22H30O7. The lowest BCUT2D eigenvalue weighted by atomic mass is 9.85. The second kappa shape index (κ2) is 9.87. The summed E-state index contributed by atoms with van der Waals surface area (Å²) >= 11 is 0. The molecule has 0 bridgehead atoms. The summed E-state index contributed by atoms with van der Waals surface area (Å²) in [7, 11) is 3.90. The van der Waals surface area contributed by atoms with Crippen molar-refractivity contribution in [2.75, 3.05) is 21.3 Å². The normalized spacial score (nSPS) is 36.6. The predicted octanol–water partition coefficient (Wildman–Crippen LogP) is 2.32. The van der Waals surface area contributed by atoms with Gasteiger partial charge in [0.15, 0.2) is 0 Å². The lowest BCUT2D eigenvalue weighted by Crippen LogP contribution is -2.35. The van der Waals surface area contributed by atoms with E-state index in [4.69, 9.17) is 18.9 Å². The fourth-order valence-corrected chi connectivity index (χ4v) is 4.58. The van der Waals surface area contributed by atoms with Gasteiger partial charge in [0.2, 0.25) is 0 Å². The Balaban J connectivity index is 2.31. The van der Waals surface area contributed by atoms with Gasteiger partial charge in [-0.2, -0.15) is 0 Å². The number of hydrogen-bond donors (Lipinski definition) is 0. The van der Waals surface area contributed by atoms with E-state index in [1.807, 2.05) is 19.1 Å². The summed E-state index contributed by atoms with van der Waals surface area (Å²) in [6, 6.07) is 0. The molecular weight excluding hydrogens is 376 g/mol. The van der Waals surface area contributed by atoms with E-state index in [9.17, 15) is 14.4 Å². The zero-order chi connectivity index (χ0) is 21.7. The Kier molecular flexibility index (Phi) is 7.79. The van der Waals surface area contributed by atoms with Crippen LogP contribution in [-0.4, -0.2) is 51.4 Å². The maximum atomic E-state index is 12.4. The topological polar surface area (TPSA) is 88.1 Å². The quantitative estimate of drug-likeness (QED) is 0.364. The number of esters is 3.